The highest BCUT2D eigenvalue weighted by atomic mass is 32.2. The molecule has 2 aromatic rings. The fraction of sp³-hybridized carbons (Fsp3) is 0.409. The fourth-order valence-electron chi connectivity index (χ4n) is 4.08. The lowest BCUT2D eigenvalue weighted by Gasteiger charge is -2.37. The summed E-state index contributed by atoms with van der Waals surface area (Å²) in [6.45, 7) is 0.495. The van der Waals surface area contributed by atoms with Crippen LogP contribution in [0.1, 0.15) is 36.8 Å². The van der Waals surface area contributed by atoms with E-state index in [-0.39, 0.29) is 31.5 Å². The van der Waals surface area contributed by atoms with E-state index in [1.807, 2.05) is 0 Å². The van der Waals surface area contributed by atoms with Crippen molar-refractivity contribution in [1.82, 2.24) is 9.21 Å². The van der Waals surface area contributed by atoms with Gasteiger partial charge in [-0.05, 0) is 55.2 Å². The van der Waals surface area contributed by atoms with Gasteiger partial charge >= 0.3 is 6.18 Å². The monoisotopic (exact) mass is 470 g/mol. The molecular weight excluding hydrogens is 448 g/mol. The van der Waals surface area contributed by atoms with Crippen molar-refractivity contribution in [1.29, 1.82) is 0 Å². The Labute approximate surface area is 183 Å². The number of carbonyl (C=O) groups is 1. The number of halogens is 4. The zero-order chi connectivity index (χ0) is 23.1. The topological polar surface area (TPSA) is 57.7 Å². The molecule has 1 aliphatic heterocycles. The summed E-state index contributed by atoms with van der Waals surface area (Å²) in [6.07, 6.45) is -3.15. The summed E-state index contributed by atoms with van der Waals surface area (Å²) in [4.78, 5) is 13.9. The summed E-state index contributed by atoms with van der Waals surface area (Å²) in [7, 11) is -4.21. The molecule has 1 aliphatic carbocycles. The highest BCUT2D eigenvalue weighted by Gasteiger charge is 2.45. The molecule has 1 saturated carbocycles. The molecule has 0 bridgehead atoms. The SMILES string of the molecule is O=C1CC(N(C2CC2)S(=O)(=O)c2cccc(C(F)(F)F)c2)CCN1Cc1cccc(F)c1. The predicted octanol–water partition coefficient (Wildman–Crippen LogP) is 4.19. The number of amides is 1. The molecule has 1 unspecified atom stereocenters. The molecule has 32 heavy (non-hydrogen) atoms. The van der Waals surface area contributed by atoms with Gasteiger partial charge in [0.2, 0.25) is 15.9 Å². The third kappa shape index (κ3) is 4.80. The number of carbonyl (C=O) groups excluding carboxylic acids is 1. The van der Waals surface area contributed by atoms with Crippen LogP contribution in [0, 0.1) is 5.82 Å². The van der Waals surface area contributed by atoms with Gasteiger partial charge in [-0.3, -0.25) is 4.79 Å². The van der Waals surface area contributed by atoms with E-state index in [4.69, 9.17) is 0 Å². The van der Waals surface area contributed by atoms with Crippen LogP contribution in [-0.4, -0.2) is 42.2 Å². The van der Waals surface area contributed by atoms with Crippen molar-refractivity contribution in [3.63, 3.8) is 0 Å². The maximum absolute atomic E-state index is 13.4. The molecule has 0 spiro atoms. The third-order valence-corrected chi connectivity index (χ3v) is 7.76. The molecule has 1 saturated heterocycles. The molecule has 4 rings (SSSR count). The molecule has 0 N–H and O–H groups in total. The molecule has 2 aromatic carbocycles. The summed E-state index contributed by atoms with van der Waals surface area (Å²) in [5.41, 5.74) is -0.400. The summed E-state index contributed by atoms with van der Waals surface area (Å²) < 4.78 is 80.6. The normalized spacial score (nSPS) is 20.1. The van der Waals surface area contributed by atoms with E-state index in [9.17, 15) is 30.8 Å². The van der Waals surface area contributed by atoms with Crippen molar-refractivity contribution in [3.8, 4) is 0 Å². The molecule has 5 nitrogen and oxygen atoms in total. The predicted molar refractivity (Wildman–Crippen MR) is 108 cm³/mol. The number of hydrogen-bond donors (Lipinski definition) is 0. The number of likely N-dealkylation sites (tertiary alicyclic amines) is 1. The van der Waals surface area contributed by atoms with Gasteiger partial charge in [-0.15, -0.1) is 0 Å². The van der Waals surface area contributed by atoms with Gasteiger partial charge in [0.1, 0.15) is 5.82 Å². The number of rotatable bonds is 6. The summed E-state index contributed by atoms with van der Waals surface area (Å²) in [6, 6.07) is 8.67. The number of benzene rings is 2. The van der Waals surface area contributed by atoms with Gasteiger partial charge in [0, 0.05) is 31.6 Å². The molecule has 172 valence electrons. The first-order valence-corrected chi connectivity index (χ1v) is 11.7. The third-order valence-electron chi connectivity index (χ3n) is 5.76. The molecule has 10 heteroatoms. The first-order valence-electron chi connectivity index (χ1n) is 10.3. The van der Waals surface area contributed by atoms with Crippen LogP contribution in [0.4, 0.5) is 17.6 Å². The van der Waals surface area contributed by atoms with Gasteiger partial charge < -0.3 is 4.90 Å². The van der Waals surface area contributed by atoms with Crippen molar-refractivity contribution < 1.29 is 30.8 Å². The first kappa shape index (κ1) is 22.7. The minimum absolute atomic E-state index is 0.0655. The van der Waals surface area contributed by atoms with E-state index in [0.717, 1.165) is 18.2 Å². The Hall–Kier alpha value is -2.46. The summed E-state index contributed by atoms with van der Waals surface area (Å²) in [5.74, 6) is -0.674. The van der Waals surface area contributed by atoms with Gasteiger partial charge in [0.25, 0.3) is 0 Å². The Morgan fingerprint density at radius 1 is 1.00 bits per heavy atom. The average molecular weight is 470 g/mol. The van der Waals surface area contributed by atoms with Gasteiger partial charge in [0.05, 0.1) is 10.5 Å². The van der Waals surface area contributed by atoms with E-state index < -0.39 is 38.5 Å². The Morgan fingerprint density at radius 3 is 2.34 bits per heavy atom. The second kappa shape index (κ2) is 8.47. The van der Waals surface area contributed by atoms with Crippen LogP contribution in [0.2, 0.25) is 0 Å². The van der Waals surface area contributed by atoms with Crippen LogP contribution in [0.5, 0.6) is 0 Å². The Balaban J connectivity index is 1.53. The van der Waals surface area contributed by atoms with Gasteiger partial charge in [0.15, 0.2) is 0 Å². The van der Waals surface area contributed by atoms with Crippen LogP contribution in [-0.2, 0) is 27.5 Å². The Morgan fingerprint density at radius 2 is 1.72 bits per heavy atom. The van der Waals surface area contributed by atoms with Crippen LogP contribution in [0.25, 0.3) is 0 Å². The highest BCUT2D eigenvalue weighted by molar-refractivity contribution is 7.89. The first-order chi connectivity index (χ1) is 15.1. The van der Waals surface area contributed by atoms with Crippen molar-refractivity contribution in [2.24, 2.45) is 0 Å². The van der Waals surface area contributed by atoms with Gasteiger partial charge in [-0.25, -0.2) is 12.8 Å². The number of sulfonamides is 1. The number of piperidine rings is 1. The molecular formula is C22H22F4N2O3S. The molecule has 1 atom stereocenters. The fourth-order valence-corrected chi connectivity index (χ4v) is 6.02. The van der Waals surface area contributed by atoms with Gasteiger partial charge in [-0.1, -0.05) is 18.2 Å². The van der Waals surface area contributed by atoms with E-state index in [0.29, 0.717) is 30.9 Å². The van der Waals surface area contributed by atoms with Crippen LogP contribution in [0.15, 0.2) is 53.4 Å². The quantitative estimate of drug-likeness (QED) is 0.595. The second-order valence-electron chi connectivity index (χ2n) is 8.18. The van der Waals surface area contributed by atoms with E-state index >= 15 is 0 Å². The van der Waals surface area contributed by atoms with Crippen LogP contribution < -0.4 is 0 Å². The zero-order valence-corrected chi connectivity index (χ0v) is 17.9. The standard InChI is InChI=1S/C22H22F4N2O3S/c23-17-5-1-3-15(11-17)14-27-10-9-19(13-21(27)29)28(18-7-8-18)32(30,31)20-6-2-4-16(12-20)22(24,25)26/h1-6,11-12,18-19H,7-10,13-14H2. The molecule has 2 aliphatic rings. The van der Waals surface area contributed by atoms with Crippen molar-refractivity contribution in [2.45, 2.75) is 55.4 Å². The molecule has 0 radical (unpaired) electrons. The van der Waals surface area contributed by atoms with Crippen molar-refractivity contribution in [2.75, 3.05) is 6.54 Å². The zero-order valence-electron chi connectivity index (χ0n) is 17.1. The molecule has 1 amide bonds. The second-order valence-corrected chi connectivity index (χ2v) is 10.0. The number of nitrogens with zero attached hydrogens (tertiary/aromatic N) is 2. The minimum Gasteiger partial charge on any atom is -0.338 e. The van der Waals surface area contributed by atoms with Crippen molar-refractivity contribution in [3.05, 3.63) is 65.5 Å². The van der Waals surface area contributed by atoms with Crippen LogP contribution >= 0.6 is 0 Å². The maximum atomic E-state index is 13.4. The lowest BCUT2D eigenvalue weighted by molar-refractivity contribution is -0.138. The largest absolute Gasteiger partial charge is 0.416 e. The van der Waals surface area contributed by atoms with Crippen LogP contribution in [0.3, 0.4) is 0 Å². The van der Waals surface area contributed by atoms with E-state index in [1.165, 1.54) is 16.4 Å². The van der Waals surface area contributed by atoms with E-state index in [2.05, 4.69) is 0 Å². The Bertz CT molecular complexity index is 1120. The highest BCUT2D eigenvalue weighted by Crippen LogP contribution is 2.38. The van der Waals surface area contributed by atoms with Crippen molar-refractivity contribution >= 4 is 15.9 Å². The van der Waals surface area contributed by atoms with E-state index in [1.54, 1.807) is 17.0 Å². The summed E-state index contributed by atoms with van der Waals surface area (Å²) in [5, 5.41) is 0. The molecule has 0 aromatic heterocycles. The maximum Gasteiger partial charge on any atom is 0.416 e. The smallest absolute Gasteiger partial charge is 0.338 e. The molecule has 1 heterocycles. The minimum atomic E-state index is -4.66. The molecule has 2 fully saturated rings. The number of hydrogen-bond acceptors (Lipinski definition) is 3. The lowest BCUT2D eigenvalue weighted by atomic mass is 10.0. The Kier molecular flexibility index (Phi) is 6.02. The number of alkyl halides is 3. The van der Waals surface area contributed by atoms with Gasteiger partial charge in [-0.2, -0.15) is 17.5 Å². The average Bonchev–Trinajstić information content (AvgIpc) is 3.54. The summed E-state index contributed by atoms with van der Waals surface area (Å²) >= 11 is 0. The lowest BCUT2D eigenvalue weighted by Crippen LogP contribution is -2.50.